The van der Waals surface area contributed by atoms with Crippen molar-refractivity contribution in [2.45, 2.75) is 45.7 Å². The Balaban J connectivity index is 2.23. The second kappa shape index (κ2) is 5.96. The van der Waals surface area contributed by atoms with E-state index in [1.807, 2.05) is 32.9 Å². The quantitative estimate of drug-likeness (QED) is 0.861. The molecular weight excluding hydrogens is 266 g/mol. The summed E-state index contributed by atoms with van der Waals surface area (Å²) in [7, 11) is 0. The van der Waals surface area contributed by atoms with Crippen LogP contribution < -0.4 is 5.32 Å². The molecule has 0 bridgehead atoms. The average molecular weight is 285 g/mol. The number of nitrogens with zero attached hydrogens (tertiary/aromatic N) is 2. The number of benzene rings is 1. The molecule has 0 aromatic heterocycles. The highest BCUT2D eigenvalue weighted by Crippen LogP contribution is 2.24. The highest BCUT2D eigenvalue weighted by atomic mass is 16.2. The highest BCUT2D eigenvalue weighted by Gasteiger charge is 2.40. The van der Waals surface area contributed by atoms with Gasteiger partial charge in [0.1, 0.15) is 12.1 Å². The summed E-state index contributed by atoms with van der Waals surface area (Å²) in [6.07, 6.45) is 0.875. The Labute approximate surface area is 124 Å². The van der Waals surface area contributed by atoms with E-state index < -0.39 is 6.04 Å². The van der Waals surface area contributed by atoms with E-state index in [4.69, 9.17) is 0 Å². The van der Waals surface area contributed by atoms with Crippen LogP contribution >= 0.6 is 0 Å². The summed E-state index contributed by atoms with van der Waals surface area (Å²) < 4.78 is 0. The first kappa shape index (κ1) is 15.0. The van der Waals surface area contributed by atoms with Gasteiger partial charge in [-0.2, -0.15) is 5.26 Å². The standard InChI is InChI=1S/C16H19N3O2/c1-4-11(3)19-15(20)8-14(16(19)21)18-13-7-5-6-10(2)12(13)9-17/h5-7,11,14,18H,4,8H2,1-3H3. The molecule has 2 amide bonds. The van der Waals surface area contributed by atoms with Crippen LogP contribution in [0.2, 0.25) is 0 Å². The first-order valence-corrected chi connectivity index (χ1v) is 7.11. The number of amides is 2. The number of hydrogen-bond donors (Lipinski definition) is 1. The Kier molecular flexibility index (Phi) is 4.27. The Hall–Kier alpha value is -2.35. The largest absolute Gasteiger partial charge is 0.372 e. The van der Waals surface area contributed by atoms with Gasteiger partial charge in [0.15, 0.2) is 0 Å². The van der Waals surface area contributed by atoms with Crippen LogP contribution in [0.3, 0.4) is 0 Å². The molecule has 2 atom stereocenters. The molecule has 1 N–H and O–H groups in total. The van der Waals surface area contributed by atoms with Crippen molar-refractivity contribution in [1.29, 1.82) is 5.26 Å². The zero-order chi connectivity index (χ0) is 15.6. The smallest absolute Gasteiger partial charge is 0.252 e. The maximum absolute atomic E-state index is 12.4. The van der Waals surface area contributed by atoms with Crippen molar-refractivity contribution in [2.75, 3.05) is 5.32 Å². The number of aryl methyl sites for hydroxylation is 1. The molecule has 2 rings (SSSR count). The molecule has 0 spiro atoms. The first-order valence-electron chi connectivity index (χ1n) is 7.11. The number of rotatable bonds is 4. The molecule has 1 aromatic carbocycles. The van der Waals surface area contributed by atoms with E-state index in [1.165, 1.54) is 4.90 Å². The van der Waals surface area contributed by atoms with Gasteiger partial charge in [-0.25, -0.2) is 0 Å². The Morgan fingerprint density at radius 2 is 2.19 bits per heavy atom. The van der Waals surface area contributed by atoms with Gasteiger partial charge in [-0.05, 0) is 31.9 Å². The summed E-state index contributed by atoms with van der Waals surface area (Å²) >= 11 is 0. The van der Waals surface area contributed by atoms with Crippen molar-refractivity contribution < 1.29 is 9.59 Å². The topological polar surface area (TPSA) is 73.2 Å². The summed E-state index contributed by atoms with van der Waals surface area (Å²) in [6.45, 7) is 5.66. The molecular formula is C16H19N3O2. The van der Waals surface area contributed by atoms with Gasteiger partial charge < -0.3 is 5.32 Å². The number of likely N-dealkylation sites (tertiary alicyclic amines) is 1. The molecule has 110 valence electrons. The molecule has 0 radical (unpaired) electrons. The molecule has 21 heavy (non-hydrogen) atoms. The SMILES string of the molecule is CCC(C)N1C(=O)CC(Nc2cccc(C)c2C#N)C1=O. The number of imide groups is 1. The second-order valence-corrected chi connectivity index (χ2v) is 5.37. The van der Waals surface area contributed by atoms with E-state index in [1.54, 1.807) is 6.07 Å². The number of carbonyl (C=O) groups excluding carboxylic acids is 2. The van der Waals surface area contributed by atoms with E-state index in [2.05, 4.69) is 11.4 Å². The van der Waals surface area contributed by atoms with Crippen molar-refractivity contribution in [3.63, 3.8) is 0 Å². The lowest BCUT2D eigenvalue weighted by Crippen LogP contribution is -2.40. The monoisotopic (exact) mass is 285 g/mol. The fraction of sp³-hybridized carbons (Fsp3) is 0.438. The maximum atomic E-state index is 12.4. The van der Waals surface area contributed by atoms with Crippen molar-refractivity contribution >= 4 is 17.5 Å². The first-order chi connectivity index (χ1) is 9.99. The van der Waals surface area contributed by atoms with Crippen LogP contribution in [0.25, 0.3) is 0 Å². The molecule has 1 saturated heterocycles. The molecule has 1 fully saturated rings. The molecule has 1 aliphatic heterocycles. The number of anilines is 1. The van der Waals surface area contributed by atoms with E-state index in [9.17, 15) is 14.9 Å². The van der Waals surface area contributed by atoms with Gasteiger partial charge in [0.05, 0.1) is 17.7 Å². The fourth-order valence-electron chi connectivity index (χ4n) is 2.53. The second-order valence-electron chi connectivity index (χ2n) is 5.37. The lowest BCUT2D eigenvalue weighted by molar-refractivity contribution is -0.140. The summed E-state index contributed by atoms with van der Waals surface area (Å²) in [5.74, 6) is -0.363. The van der Waals surface area contributed by atoms with Gasteiger partial charge in [0, 0.05) is 6.04 Å². The third kappa shape index (κ3) is 2.75. The van der Waals surface area contributed by atoms with Crippen LogP contribution in [-0.2, 0) is 9.59 Å². The van der Waals surface area contributed by atoms with Crippen LogP contribution in [0.15, 0.2) is 18.2 Å². The minimum Gasteiger partial charge on any atom is -0.372 e. The number of hydrogen-bond acceptors (Lipinski definition) is 4. The average Bonchev–Trinajstić information content (AvgIpc) is 2.73. The predicted molar refractivity (Wildman–Crippen MR) is 79.5 cm³/mol. The zero-order valence-electron chi connectivity index (χ0n) is 12.5. The minimum atomic E-state index is -0.583. The van der Waals surface area contributed by atoms with Gasteiger partial charge in [0.25, 0.3) is 5.91 Å². The summed E-state index contributed by atoms with van der Waals surface area (Å²) in [5.41, 5.74) is 1.97. The highest BCUT2D eigenvalue weighted by molar-refractivity contribution is 6.07. The van der Waals surface area contributed by atoms with E-state index in [0.29, 0.717) is 11.3 Å². The number of nitrogens with one attached hydrogen (secondary N) is 1. The van der Waals surface area contributed by atoms with Crippen molar-refractivity contribution in [3.8, 4) is 6.07 Å². The van der Waals surface area contributed by atoms with Crippen LogP contribution in [0, 0.1) is 18.3 Å². The molecule has 0 saturated carbocycles. The predicted octanol–water partition coefficient (Wildman–Crippen LogP) is 2.20. The van der Waals surface area contributed by atoms with Crippen LogP contribution in [-0.4, -0.2) is 28.8 Å². The lowest BCUT2D eigenvalue weighted by atomic mass is 10.1. The van der Waals surface area contributed by atoms with Crippen molar-refractivity contribution in [2.24, 2.45) is 0 Å². The van der Waals surface area contributed by atoms with Crippen LogP contribution in [0.5, 0.6) is 0 Å². The maximum Gasteiger partial charge on any atom is 0.252 e. The molecule has 5 heteroatoms. The van der Waals surface area contributed by atoms with Crippen molar-refractivity contribution in [3.05, 3.63) is 29.3 Å². The zero-order valence-corrected chi connectivity index (χ0v) is 12.5. The summed E-state index contributed by atoms with van der Waals surface area (Å²) in [4.78, 5) is 25.7. The normalized spacial score (nSPS) is 19.5. The Bertz CT molecular complexity index is 618. The van der Waals surface area contributed by atoms with Crippen LogP contribution in [0.1, 0.15) is 37.8 Å². The third-order valence-corrected chi connectivity index (χ3v) is 3.93. The Morgan fingerprint density at radius 1 is 1.48 bits per heavy atom. The van der Waals surface area contributed by atoms with Gasteiger partial charge in [-0.1, -0.05) is 19.1 Å². The van der Waals surface area contributed by atoms with Gasteiger partial charge in [0.2, 0.25) is 5.91 Å². The number of carbonyl (C=O) groups is 2. The molecule has 1 aliphatic rings. The molecule has 1 aromatic rings. The molecule has 1 heterocycles. The molecule has 5 nitrogen and oxygen atoms in total. The number of nitriles is 1. The lowest BCUT2D eigenvalue weighted by Gasteiger charge is -2.22. The van der Waals surface area contributed by atoms with E-state index in [0.717, 1.165) is 12.0 Å². The van der Waals surface area contributed by atoms with Gasteiger partial charge in [-0.15, -0.1) is 0 Å². The molecule has 2 unspecified atom stereocenters. The van der Waals surface area contributed by atoms with Gasteiger partial charge >= 0.3 is 0 Å². The minimum absolute atomic E-state index is 0.0928. The third-order valence-electron chi connectivity index (χ3n) is 3.93. The van der Waals surface area contributed by atoms with E-state index >= 15 is 0 Å². The Morgan fingerprint density at radius 3 is 2.81 bits per heavy atom. The summed E-state index contributed by atoms with van der Waals surface area (Å²) in [6, 6.07) is 6.89. The summed E-state index contributed by atoms with van der Waals surface area (Å²) in [5, 5.41) is 12.3. The van der Waals surface area contributed by atoms with Crippen molar-refractivity contribution in [1.82, 2.24) is 4.90 Å². The van der Waals surface area contributed by atoms with Gasteiger partial charge in [-0.3, -0.25) is 14.5 Å². The van der Waals surface area contributed by atoms with E-state index in [-0.39, 0.29) is 24.3 Å². The fourth-order valence-corrected chi connectivity index (χ4v) is 2.53. The molecule has 0 aliphatic carbocycles. The van der Waals surface area contributed by atoms with Crippen LogP contribution in [0.4, 0.5) is 5.69 Å².